The van der Waals surface area contributed by atoms with E-state index in [-0.39, 0.29) is 12.4 Å². The molecule has 0 radical (unpaired) electrons. The molecule has 1 atom stereocenters. The van der Waals surface area contributed by atoms with Crippen LogP contribution in [0.5, 0.6) is 5.75 Å². The van der Waals surface area contributed by atoms with Gasteiger partial charge in [0.05, 0.1) is 18.5 Å². The number of hydrogen-bond acceptors (Lipinski definition) is 4. The first kappa shape index (κ1) is 20.0. The Balaban J connectivity index is 1.44. The normalized spacial score (nSPS) is 15.8. The molecule has 1 aliphatic heterocycles. The number of carbonyl (C=O) groups is 1. The van der Waals surface area contributed by atoms with E-state index >= 15 is 0 Å². The maximum atomic E-state index is 13.0. The number of hydroxylamine groups is 2. The highest BCUT2D eigenvalue weighted by atomic mass is 32.1. The third-order valence-corrected chi connectivity index (χ3v) is 5.78. The zero-order chi connectivity index (χ0) is 21.1. The predicted molar refractivity (Wildman–Crippen MR) is 114 cm³/mol. The van der Waals surface area contributed by atoms with Gasteiger partial charge in [0.25, 0.3) is 0 Å². The summed E-state index contributed by atoms with van der Waals surface area (Å²) in [5.74, 6) is 6.48. The molecule has 0 saturated carbocycles. The van der Waals surface area contributed by atoms with Crippen LogP contribution >= 0.6 is 11.3 Å². The number of rotatable bonds is 4. The molecule has 7 heteroatoms. The summed E-state index contributed by atoms with van der Waals surface area (Å²) in [5.41, 5.74) is 1.69. The van der Waals surface area contributed by atoms with Crippen LogP contribution in [-0.2, 0) is 6.42 Å². The van der Waals surface area contributed by atoms with Crippen LogP contribution in [0.1, 0.15) is 15.3 Å². The lowest BCUT2D eigenvalue weighted by Gasteiger charge is -2.14. The van der Waals surface area contributed by atoms with E-state index in [9.17, 15) is 14.4 Å². The van der Waals surface area contributed by atoms with Crippen LogP contribution in [-0.4, -0.2) is 36.0 Å². The molecule has 1 aliphatic rings. The van der Waals surface area contributed by atoms with Crippen LogP contribution < -0.4 is 9.64 Å². The highest BCUT2D eigenvalue weighted by molar-refractivity contribution is 7.12. The molecule has 1 aromatic heterocycles. The van der Waals surface area contributed by atoms with E-state index in [1.807, 2.05) is 12.1 Å². The van der Waals surface area contributed by atoms with Crippen LogP contribution in [0.4, 0.5) is 14.9 Å². The average molecular weight is 422 g/mol. The Kier molecular flexibility index (Phi) is 5.70. The fourth-order valence-corrected chi connectivity index (χ4v) is 4.07. The number of amides is 2. The van der Waals surface area contributed by atoms with Gasteiger partial charge < -0.3 is 4.74 Å². The van der Waals surface area contributed by atoms with Crippen molar-refractivity contribution in [2.24, 2.45) is 0 Å². The van der Waals surface area contributed by atoms with Gasteiger partial charge in [-0.25, -0.2) is 9.18 Å². The predicted octanol–water partition coefficient (Wildman–Crippen LogP) is 4.54. The Bertz CT molecular complexity index is 1100. The molecule has 0 spiro atoms. The number of carbonyl (C=O) groups excluding carboxylic acids is 1. The van der Waals surface area contributed by atoms with Crippen molar-refractivity contribution in [3.05, 3.63) is 81.8 Å². The van der Waals surface area contributed by atoms with E-state index in [1.54, 1.807) is 43.5 Å². The quantitative estimate of drug-likeness (QED) is 0.496. The molecule has 30 heavy (non-hydrogen) atoms. The molecule has 1 fully saturated rings. The number of nitrogens with zero attached hydrogens (tertiary/aromatic N) is 2. The standard InChI is InChI=1S/C23H19FN2O3S/c1-29-20-9-6-18(7-10-20)25-15-19(26(28)23(25)27)8-11-21-12-13-22(30-21)14-16-2-4-17(24)5-3-16/h2-7,9-10,12-13,19,28H,14-15H2,1H3. The largest absolute Gasteiger partial charge is 0.497 e. The van der Waals surface area contributed by atoms with E-state index in [0.717, 1.165) is 15.3 Å². The summed E-state index contributed by atoms with van der Waals surface area (Å²) in [7, 11) is 1.58. The van der Waals surface area contributed by atoms with Crippen LogP contribution in [0, 0.1) is 17.7 Å². The van der Waals surface area contributed by atoms with Gasteiger partial charge in [0.1, 0.15) is 17.6 Å². The zero-order valence-electron chi connectivity index (χ0n) is 16.2. The van der Waals surface area contributed by atoms with E-state index < -0.39 is 12.1 Å². The summed E-state index contributed by atoms with van der Waals surface area (Å²) in [6.07, 6.45) is 0.700. The second kappa shape index (κ2) is 8.57. The van der Waals surface area contributed by atoms with Gasteiger partial charge in [-0.3, -0.25) is 10.1 Å². The van der Waals surface area contributed by atoms with Crippen LogP contribution in [0.2, 0.25) is 0 Å². The maximum absolute atomic E-state index is 13.0. The molecule has 152 valence electrons. The summed E-state index contributed by atoms with van der Waals surface area (Å²) >= 11 is 1.54. The number of ether oxygens (including phenoxy) is 1. The molecule has 0 bridgehead atoms. The number of halogens is 1. The van der Waals surface area contributed by atoms with Crippen molar-refractivity contribution in [1.82, 2.24) is 5.06 Å². The van der Waals surface area contributed by atoms with Gasteiger partial charge in [0, 0.05) is 17.0 Å². The Morgan fingerprint density at radius 2 is 1.87 bits per heavy atom. The lowest BCUT2D eigenvalue weighted by Crippen LogP contribution is -2.31. The van der Waals surface area contributed by atoms with Crippen LogP contribution in [0.15, 0.2) is 60.7 Å². The SMILES string of the molecule is COc1ccc(N2CC(C#Cc3ccc(Cc4ccc(F)cc4)s3)N(O)C2=O)cc1. The Morgan fingerprint density at radius 3 is 2.57 bits per heavy atom. The van der Waals surface area contributed by atoms with Crippen molar-refractivity contribution >= 4 is 23.1 Å². The summed E-state index contributed by atoms with van der Waals surface area (Å²) < 4.78 is 18.2. The molecule has 1 saturated heterocycles. The van der Waals surface area contributed by atoms with Gasteiger partial charge in [-0.1, -0.05) is 24.0 Å². The fourth-order valence-electron chi connectivity index (χ4n) is 3.17. The number of anilines is 1. The molecule has 1 unspecified atom stereocenters. The van der Waals surface area contributed by atoms with Gasteiger partial charge in [-0.15, -0.1) is 11.3 Å². The summed E-state index contributed by atoms with van der Waals surface area (Å²) in [6, 6.07) is 16.2. The van der Waals surface area contributed by atoms with Crippen LogP contribution in [0.25, 0.3) is 0 Å². The topological polar surface area (TPSA) is 53.0 Å². The molecule has 4 rings (SSSR count). The van der Waals surface area contributed by atoms with Gasteiger partial charge in [-0.05, 0) is 54.1 Å². The van der Waals surface area contributed by atoms with Gasteiger partial charge in [0.15, 0.2) is 0 Å². The minimum absolute atomic E-state index is 0.250. The molecular weight excluding hydrogens is 403 g/mol. The molecule has 3 aromatic rings. The highest BCUT2D eigenvalue weighted by Crippen LogP contribution is 2.25. The number of benzene rings is 2. The van der Waals surface area contributed by atoms with Crippen molar-refractivity contribution in [3.63, 3.8) is 0 Å². The van der Waals surface area contributed by atoms with E-state index in [4.69, 9.17) is 4.74 Å². The highest BCUT2D eigenvalue weighted by Gasteiger charge is 2.36. The van der Waals surface area contributed by atoms with Gasteiger partial charge in [0.2, 0.25) is 0 Å². The van der Waals surface area contributed by atoms with Crippen molar-refractivity contribution in [2.45, 2.75) is 12.5 Å². The first-order valence-electron chi connectivity index (χ1n) is 9.32. The lowest BCUT2D eigenvalue weighted by molar-refractivity contribution is -0.0414. The molecule has 2 amide bonds. The third kappa shape index (κ3) is 4.30. The van der Waals surface area contributed by atoms with Gasteiger partial charge >= 0.3 is 6.03 Å². The van der Waals surface area contributed by atoms with Crippen molar-refractivity contribution in [2.75, 3.05) is 18.6 Å². The smallest absolute Gasteiger partial charge is 0.349 e. The minimum atomic E-state index is -0.623. The molecule has 1 N–H and O–H groups in total. The number of urea groups is 1. The molecule has 5 nitrogen and oxygen atoms in total. The van der Waals surface area contributed by atoms with E-state index in [1.165, 1.54) is 28.4 Å². The molecular formula is C23H19FN2O3S. The average Bonchev–Trinajstić information content (AvgIpc) is 3.33. The molecule has 2 aromatic carbocycles. The van der Waals surface area contributed by atoms with Gasteiger partial charge in [-0.2, -0.15) is 5.06 Å². The zero-order valence-corrected chi connectivity index (χ0v) is 17.0. The van der Waals surface area contributed by atoms with Crippen molar-refractivity contribution in [3.8, 4) is 17.6 Å². The number of thiophene rings is 1. The first-order valence-corrected chi connectivity index (χ1v) is 10.1. The second-order valence-corrected chi connectivity index (χ2v) is 7.96. The Labute approximate surface area is 177 Å². The minimum Gasteiger partial charge on any atom is -0.497 e. The monoisotopic (exact) mass is 422 g/mol. The molecule has 0 aliphatic carbocycles. The Hall–Kier alpha value is -3.34. The Morgan fingerprint density at radius 1 is 1.13 bits per heavy atom. The summed E-state index contributed by atoms with van der Waals surface area (Å²) in [6.45, 7) is 0.266. The molecule has 2 heterocycles. The van der Waals surface area contributed by atoms with Crippen molar-refractivity contribution in [1.29, 1.82) is 0 Å². The lowest BCUT2D eigenvalue weighted by atomic mass is 10.1. The second-order valence-electron chi connectivity index (χ2n) is 6.79. The summed E-state index contributed by atoms with van der Waals surface area (Å²) in [4.78, 5) is 15.8. The van der Waals surface area contributed by atoms with Crippen molar-refractivity contribution < 1.29 is 19.1 Å². The van der Waals surface area contributed by atoms with E-state index in [0.29, 0.717) is 22.9 Å². The fraction of sp³-hybridized carbons (Fsp3) is 0.174. The summed E-state index contributed by atoms with van der Waals surface area (Å²) in [5, 5.41) is 10.8. The number of methoxy groups -OCH3 is 1. The first-order chi connectivity index (χ1) is 14.5. The van der Waals surface area contributed by atoms with Crippen LogP contribution in [0.3, 0.4) is 0 Å². The van der Waals surface area contributed by atoms with E-state index in [2.05, 4.69) is 11.8 Å². The maximum Gasteiger partial charge on any atom is 0.349 e. The number of hydrogen-bond donors (Lipinski definition) is 1. The third-order valence-electron chi connectivity index (χ3n) is 4.78.